The maximum Gasteiger partial charge on any atom is 0.416 e. The summed E-state index contributed by atoms with van der Waals surface area (Å²) < 4.78 is 40.2. The number of anilines is 1. The first-order valence-electron chi connectivity index (χ1n) is 11.9. The van der Waals surface area contributed by atoms with Crippen molar-refractivity contribution in [1.82, 2.24) is 19.9 Å². The van der Waals surface area contributed by atoms with E-state index in [0.29, 0.717) is 29.0 Å². The number of hydrogen-bond donors (Lipinski definition) is 1. The van der Waals surface area contributed by atoms with Crippen molar-refractivity contribution in [1.29, 1.82) is 0 Å². The molecule has 34 heavy (non-hydrogen) atoms. The van der Waals surface area contributed by atoms with Crippen molar-refractivity contribution in [3.05, 3.63) is 58.5 Å². The molecule has 0 saturated carbocycles. The molecule has 8 heteroatoms. The van der Waals surface area contributed by atoms with Gasteiger partial charge in [0, 0.05) is 11.7 Å². The number of piperidine rings is 1. The Balaban J connectivity index is 1.65. The van der Waals surface area contributed by atoms with E-state index in [1.807, 2.05) is 13.8 Å². The Morgan fingerprint density at radius 2 is 1.76 bits per heavy atom. The Labute approximate surface area is 198 Å². The van der Waals surface area contributed by atoms with Gasteiger partial charge in [-0.3, -0.25) is 0 Å². The Morgan fingerprint density at radius 3 is 2.41 bits per heavy atom. The number of pyridine rings is 1. The summed E-state index contributed by atoms with van der Waals surface area (Å²) in [5.74, 6) is 1.01. The van der Waals surface area contributed by atoms with Gasteiger partial charge in [0.15, 0.2) is 5.65 Å². The summed E-state index contributed by atoms with van der Waals surface area (Å²) in [7, 11) is 0. The van der Waals surface area contributed by atoms with E-state index < -0.39 is 11.7 Å². The lowest BCUT2D eigenvalue weighted by Gasteiger charge is -2.35. The number of likely N-dealkylation sites (tertiary alicyclic amines) is 1. The molecule has 0 amide bonds. The molecule has 1 saturated heterocycles. The third-order valence-corrected chi connectivity index (χ3v) is 7.05. The summed E-state index contributed by atoms with van der Waals surface area (Å²) in [6, 6.07) is 6.59. The van der Waals surface area contributed by atoms with Gasteiger partial charge in [0.1, 0.15) is 12.1 Å². The van der Waals surface area contributed by atoms with Crippen LogP contribution >= 0.6 is 0 Å². The molecule has 3 aromatic rings. The predicted octanol–water partition coefficient (Wildman–Crippen LogP) is 6.42. The fourth-order valence-corrected chi connectivity index (χ4v) is 5.06. The van der Waals surface area contributed by atoms with Crippen LogP contribution in [0.4, 0.5) is 19.0 Å². The highest BCUT2D eigenvalue weighted by molar-refractivity contribution is 5.87. The summed E-state index contributed by atoms with van der Waals surface area (Å²) in [4.78, 5) is 16.0. The molecular weight excluding hydrogens is 439 g/mol. The molecule has 4 rings (SSSR count). The van der Waals surface area contributed by atoms with Gasteiger partial charge in [-0.15, -0.1) is 0 Å². The summed E-state index contributed by atoms with van der Waals surface area (Å²) in [6.07, 6.45) is -0.794. The maximum absolute atomic E-state index is 13.4. The summed E-state index contributed by atoms with van der Waals surface area (Å²) in [5, 5.41) is 4.12. The van der Waals surface area contributed by atoms with Gasteiger partial charge >= 0.3 is 6.18 Å². The number of aromatic nitrogens is 3. The second kappa shape index (κ2) is 9.49. The van der Waals surface area contributed by atoms with Crippen LogP contribution in [-0.2, 0) is 6.18 Å². The number of nitrogens with one attached hydrogen (secondary N) is 1. The topological polar surface area (TPSA) is 53.9 Å². The molecule has 1 aliphatic rings. The summed E-state index contributed by atoms with van der Waals surface area (Å²) in [6.45, 7) is 12.0. The zero-order chi connectivity index (χ0) is 24.6. The zero-order valence-corrected chi connectivity index (χ0v) is 20.4. The molecule has 5 nitrogen and oxygen atoms in total. The Hall–Kier alpha value is -2.74. The lowest BCUT2D eigenvalue weighted by atomic mass is 9.87. The van der Waals surface area contributed by atoms with E-state index in [2.05, 4.69) is 40.1 Å². The van der Waals surface area contributed by atoms with E-state index in [4.69, 9.17) is 4.98 Å². The minimum absolute atomic E-state index is 0.222. The molecule has 0 aliphatic carbocycles. The lowest BCUT2D eigenvalue weighted by Crippen LogP contribution is -2.38. The second-order valence-electron chi connectivity index (χ2n) is 9.54. The molecule has 3 heterocycles. The van der Waals surface area contributed by atoms with Crippen LogP contribution in [0.1, 0.15) is 73.5 Å². The van der Waals surface area contributed by atoms with Crippen LogP contribution in [0.25, 0.3) is 11.0 Å². The monoisotopic (exact) mass is 471 g/mol. The molecule has 0 unspecified atom stereocenters. The van der Waals surface area contributed by atoms with Gasteiger partial charge in [-0.25, -0.2) is 15.0 Å². The van der Waals surface area contributed by atoms with Gasteiger partial charge in [-0.1, -0.05) is 12.1 Å². The van der Waals surface area contributed by atoms with Crippen LogP contribution in [0.2, 0.25) is 0 Å². The van der Waals surface area contributed by atoms with E-state index in [-0.39, 0.29) is 11.6 Å². The summed E-state index contributed by atoms with van der Waals surface area (Å²) >= 11 is 0. The Bertz CT molecular complexity index is 1170. The van der Waals surface area contributed by atoms with E-state index in [9.17, 15) is 13.2 Å². The smallest absolute Gasteiger partial charge is 0.363 e. The number of halogens is 3. The zero-order valence-electron chi connectivity index (χ0n) is 20.4. The van der Waals surface area contributed by atoms with Gasteiger partial charge in [-0.2, -0.15) is 13.2 Å². The number of fused-ring (bicyclic) bond motifs is 1. The number of hydrogen-bond acceptors (Lipinski definition) is 5. The number of benzene rings is 1. The number of alkyl halides is 3. The molecule has 182 valence electrons. The van der Waals surface area contributed by atoms with E-state index >= 15 is 0 Å². The van der Waals surface area contributed by atoms with Crippen LogP contribution in [0.3, 0.4) is 0 Å². The van der Waals surface area contributed by atoms with Crippen molar-refractivity contribution in [2.45, 2.75) is 71.6 Å². The van der Waals surface area contributed by atoms with E-state index in [1.165, 1.54) is 24.9 Å². The lowest BCUT2D eigenvalue weighted by molar-refractivity contribution is -0.138. The average molecular weight is 472 g/mol. The largest absolute Gasteiger partial charge is 0.416 e. The first-order valence-corrected chi connectivity index (χ1v) is 11.9. The Morgan fingerprint density at radius 1 is 1.06 bits per heavy atom. The van der Waals surface area contributed by atoms with Crippen molar-refractivity contribution < 1.29 is 13.2 Å². The third kappa shape index (κ3) is 4.87. The van der Waals surface area contributed by atoms with Crippen LogP contribution < -0.4 is 5.32 Å². The van der Waals surface area contributed by atoms with Crippen LogP contribution in [0, 0.1) is 13.8 Å². The Kier molecular flexibility index (Phi) is 6.80. The van der Waals surface area contributed by atoms with E-state index in [0.717, 1.165) is 43.1 Å². The van der Waals surface area contributed by atoms with Gasteiger partial charge in [0.2, 0.25) is 0 Å². The first kappa shape index (κ1) is 24.4. The van der Waals surface area contributed by atoms with Crippen molar-refractivity contribution in [3.8, 4) is 0 Å². The number of rotatable bonds is 5. The fourth-order valence-electron chi connectivity index (χ4n) is 5.06. The van der Waals surface area contributed by atoms with Crippen LogP contribution in [-0.4, -0.2) is 39.0 Å². The summed E-state index contributed by atoms with van der Waals surface area (Å²) in [5.41, 5.74) is 2.96. The molecule has 1 aliphatic heterocycles. The van der Waals surface area contributed by atoms with Crippen molar-refractivity contribution in [2.75, 3.05) is 18.4 Å². The molecule has 0 bridgehead atoms. The minimum atomic E-state index is -4.39. The third-order valence-electron chi connectivity index (χ3n) is 7.05. The second-order valence-corrected chi connectivity index (χ2v) is 9.54. The van der Waals surface area contributed by atoms with Gasteiger partial charge in [-0.05, 0) is 95.3 Å². The van der Waals surface area contributed by atoms with Crippen molar-refractivity contribution in [2.24, 2.45) is 0 Å². The van der Waals surface area contributed by atoms with Gasteiger partial charge in [0.05, 0.1) is 17.0 Å². The molecule has 1 N–H and O–H groups in total. The highest BCUT2D eigenvalue weighted by Crippen LogP contribution is 2.36. The SMILES string of the molecule is Cc1nc2ncnc(N[C@H](C)c3cccc(C(F)(F)F)c3C)c2cc1C1CCN(C(C)C)CC1. The number of aryl methyl sites for hydroxylation is 1. The normalized spacial score (nSPS) is 16.9. The van der Waals surface area contributed by atoms with Crippen LogP contribution in [0.15, 0.2) is 30.6 Å². The van der Waals surface area contributed by atoms with Crippen molar-refractivity contribution in [3.63, 3.8) is 0 Å². The molecule has 1 fully saturated rings. The molecular formula is C26H32F3N5. The van der Waals surface area contributed by atoms with Crippen LogP contribution in [0.5, 0.6) is 0 Å². The van der Waals surface area contributed by atoms with E-state index in [1.54, 1.807) is 6.07 Å². The minimum Gasteiger partial charge on any atom is -0.363 e. The van der Waals surface area contributed by atoms with Gasteiger partial charge < -0.3 is 10.2 Å². The standard InChI is InChI=1S/C26H32F3N5/c1-15(2)34-11-9-19(10-12-34)21-13-22-24(30-14-31-25(22)33-18(21)5)32-17(4)20-7-6-8-23(16(20)3)26(27,28)29/h6-8,13-15,17,19H,9-12H2,1-5H3,(H,30,31,32,33)/t17-/m1/s1. The predicted molar refractivity (Wildman–Crippen MR) is 129 cm³/mol. The highest BCUT2D eigenvalue weighted by Gasteiger charge is 2.33. The first-order chi connectivity index (χ1) is 16.1. The molecule has 1 atom stereocenters. The molecule has 0 spiro atoms. The molecule has 2 aromatic heterocycles. The fraction of sp³-hybridized carbons (Fsp3) is 0.500. The average Bonchev–Trinajstić information content (AvgIpc) is 2.78. The molecule has 1 aromatic carbocycles. The number of nitrogens with zero attached hydrogens (tertiary/aromatic N) is 4. The highest BCUT2D eigenvalue weighted by atomic mass is 19.4. The molecule has 0 radical (unpaired) electrons. The quantitative estimate of drug-likeness (QED) is 0.465. The van der Waals surface area contributed by atoms with Crippen molar-refractivity contribution >= 4 is 16.9 Å². The maximum atomic E-state index is 13.4. The van der Waals surface area contributed by atoms with Gasteiger partial charge in [0.25, 0.3) is 0 Å².